The van der Waals surface area contributed by atoms with Crippen molar-refractivity contribution in [3.05, 3.63) is 77.6 Å². The Kier molecular flexibility index (Phi) is 5.11. The first-order valence-electron chi connectivity index (χ1n) is 7.84. The minimum Gasteiger partial charge on any atom is -0.467 e. The molecule has 0 saturated carbocycles. The molecule has 0 bridgehead atoms. The van der Waals surface area contributed by atoms with Crippen molar-refractivity contribution < 1.29 is 26.9 Å². The first-order valence-corrected chi connectivity index (χ1v) is 7.84. The van der Waals surface area contributed by atoms with E-state index < -0.39 is 23.9 Å². The number of benzene rings is 1. The van der Waals surface area contributed by atoms with Crippen LogP contribution in [0.3, 0.4) is 0 Å². The molecule has 1 unspecified atom stereocenters. The van der Waals surface area contributed by atoms with Crippen LogP contribution in [0.15, 0.2) is 63.7 Å². The van der Waals surface area contributed by atoms with Gasteiger partial charge < -0.3 is 14.3 Å². The molecule has 0 radical (unpaired) electrons. The molecule has 1 amide bonds. The number of halogens is 3. The molecule has 1 atom stereocenters. The van der Waals surface area contributed by atoms with Gasteiger partial charge in [-0.05, 0) is 30.5 Å². The van der Waals surface area contributed by atoms with Gasteiger partial charge >= 0.3 is 6.18 Å². The number of furan rings is 1. The van der Waals surface area contributed by atoms with Crippen molar-refractivity contribution in [2.75, 3.05) is 0 Å². The molecule has 5 nitrogen and oxygen atoms in total. The van der Waals surface area contributed by atoms with Crippen LogP contribution in [-0.2, 0) is 12.8 Å². The molecule has 136 valence electrons. The van der Waals surface area contributed by atoms with Crippen molar-refractivity contribution in [1.29, 1.82) is 0 Å². The third-order valence-corrected chi connectivity index (χ3v) is 3.73. The Morgan fingerprint density at radius 3 is 2.54 bits per heavy atom. The number of nitrogens with one attached hydrogen (secondary N) is 1. The second kappa shape index (κ2) is 7.47. The summed E-state index contributed by atoms with van der Waals surface area (Å²) in [6.07, 6.45) is -2.42. The number of amides is 1. The van der Waals surface area contributed by atoms with Gasteiger partial charge in [0.1, 0.15) is 5.76 Å². The lowest BCUT2D eigenvalue weighted by Crippen LogP contribution is -2.37. The van der Waals surface area contributed by atoms with Crippen LogP contribution in [0.2, 0.25) is 0 Å². The lowest BCUT2D eigenvalue weighted by atomic mass is 10.1. The first kappa shape index (κ1) is 17.8. The van der Waals surface area contributed by atoms with E-state index in [1.165, 1.54) is 12.1 Å². The molecule has 0 aliphatic carbocycles. The van der Waals surface area contributed by atoms with Gasteiger partial charge in [-0.2, -0.15) is 13.2 Å². The van der Waals surface area contributed by atoms with E-state index in [-0.39, 0.29) is 5.76 Å². The van der Waals surface area contributed by atoms with Gasteiger partial charge in [0.15, 0.2) is 6.04 Å². The molecule has 0 fully saturated rings. The Morgan fingerprint density at radius 1 is 1.12 bits per heavy atom. The van der Waals surface area contributed by atoms with Gasteiger partial charge in [0.05, 0.1) is 12.0 Å². The van der Waals surface area contributed by atoms with Crippen LogP contribution in [0, 0.1) is 0 Å². The van der Waals surface area contributed by atoms with Crippen molar-refractivity contribution in [2.24, 2.45) is 0 Å². The quantitative estimate of drug-likeness (QED) is 0.715. The molecule has 8 heteroatoms. The van der Waals surface area contributed by atoms with Gasteiger partial charge in [-0.1, -0.05) is 35.5 Å². The Labute approximate surface area is 146 Å². The van der Waals surface area contributed by atoms with E-state index in [1.54, 1.807) is 0 Å². The number of carbonyl (C=O) groups is 1. The maximum absolute atomic E-state index is 13.2. The average Bonchev–Trinajstić information content (AvgIpc) is 3.29. The number of carbonyl (C=O) groups excluding carboxylic acids is 1. The molecule has 2 heterocycles. The number of aryl methyl sites for hydroxylation is 2. The van der Waals surface area contributed by atoms with Gasteiger partial charge in [-0.15, -0.1) is 0 Å². The topological polar surface area (TPSA) is 68.3 Å². The van der Waals surface area contributed by atoms with Crippen LogP contribution in [0.1, 0.15) is 33.6 Å². The average molecular weight is 364 g/mol. The molecule has 3 rings (SSSR count). The molecule has 0 spiro atoms. The standard InChI is InChI=1S/C18H15F3N2O3/c19-18(20,21)16(14-7-4-10-25-14)22-17(24)15-11-13(23-26-15)9-8-12-5-2-1-3-6-12/h1-7,10-11,16H,8-9H2,(H,22,24). The van der Waals surface area contributed by atoms with Crippen LogP contribution >= 0.6 is 0 Å². The van der Waals surface area contributed by atoms with Gasteiger partial charge in [0.25, 0.3) is 5.91 Å². The largest absolute Gasteiger partial charge is 0.467 e. The second-order valence-electron chi connectivity index (χ2n) is 5.63. The van der Waals surface area contributed by atoms with Crippen LogP contribution in [-0.4, -0.2) is 17.2 Å². The van der Waals surface area contributed by atoms with E-state index >= 15 is 0 Å². The third kappa shape index (κ3) is 4.33. The summed E-state index contributed by atoms with van der Waals surface area (Å²) in [6, 6.07) is 11.1. The van der Waals surface area contributed by atoms with Crippen molar-refractivity contribution in [2.45, 2.75) is 25.1 Å². The van der Waals surface area contributed by atoms with Gasteiger partial charge in [-0.3, -0.25) is 4.79 Å². The molecular formula is C18H15F3N2O3. The molecule has 2 aromatic heterocycles. The minimum atomic E-state index is -4.70. The minimum absolute atomic E-state index is 0.283. The molecule has 0 saturated heterocycles. The Bertz CT molecular complexity index is 842. The van der Waals surface area contributed by atoms with E-state index in [2.05, 4.69) is 5.16 Å². The van der Waals surface area contributed by atoms with E-state index in [4.69, 9.17) is 8.94 Å². The molecule has 3 aromatic rings. The zero-order valence-corrected chi connectivity index (χ0v) is 13.5. The van der Waals surface area contributed by atoms with Crippen LogP contribution in [0.4, 0.5) is 13.2 Å². The number of hydrogen-bond donors (Lipinski definition) is 1. The summed E-state index contributed by atoms with van der Waals surface area (Å²) in [5.74, 6) is -1.70. The smallest absolute Gasteiger partial charge is 0.415 e. The summed E-state index contributed by atoms with van der Waals surface area (Å²) in [7, 11) is 0. The molecule has 1 N–H and O–H groups in total. The van der Waals surface area contributed by atoms with Gasteiger partial charge in [0.2, 0.25) is 5.76 Å². The number of nitrogens with zero attached hydrogens (tertiary/aromatic N) is 1. The van der Waals surface area contributed by atoms with Gasteiger partial charge in [0, 0.05) is 6.07 Å². The van der Waals surface area contributed by atoms with Crippen LogP contribution < -0.4 is 5.32 Å². The molecule has 26 heavy (non-hydrogen) atoms. The maximum Gasteiger partial charge on any atom is 0.415 e. The predicted octanol–water partition coefficient (Wildman–Crippen LogP) is 4.09. The van der Waals surface area contributed by atoms with Crippen molar-refractivity contribution in [1.82, 2.24) is 10.5 Å². The highest BCUT2D eigenvalue weighted by Crippen LogP contribution is 2.33. The highest BCUT2D eigenvalue weighted by Gasteiger charge is 2.44. The molecular weight excluding hydrogens is 349 g/mol. The summed E-state index contributed by atoms with van der Waals surface area (Å²) in [5, 5.41) is 5.62. The number of aromatic nitrogens is 1. The number of rotatable bonds is 6. The van der Waals surface area contributed by atoms with E-state index in [1.807, 2.05) is 35.6 Å². The first-order chi connectivity index (χ1) is 12.4. The zero-order valence-electron chi connectivity index (χ0n) is 13.5. The molecule has 0 aliphatic rings. The fourth-order valence-electron chi connectivity index (χ4n) is 2.43. The number of hydrogen-bond acceptors (Lipinski definition) is 4. The lowest BCUT2D eigenvalue weighted by Gasteiger charge is -2.18. The fraction of sp³-hybridized carbons (Fsp3) is 0.222. The van der Waals surface area contributed by atoms with E-state index in [9.17, 15) is 18.0 Å². The van der Waals surface area contributed by atoms with Crippen molar-refractivity contribution in [3.63, 3.8) is 0 Å². The normalized spacial score (nSPS) is 12.7. The Balaban J connectivity index is 1.65. The summed E-state index contributed by atoms with van der Waals surface area (Å²) in [4.78, 5) is 12.1. The summed E-state index contributed by atoms with van der Waals surface area (Å²) in [5.41, 5.74) is 1.57. The summed E-state index contributed by atoms with van der Waals surface area (Å²) < 4.78 is 49.1. The number of alkyl halides is 3. The fourth-order valence-corrected chi connectivity index (χ4v) is 2.43. The zero-order chi connectivity index (χ0) is 18.6. The van der Waals surface area contributed by atoms with Gasteiger partial charge in [-0.25, -0.2) is 0 Å². The lowest BCUT2D eigenvalue weighted by molar-refractivity contribution is -0.159. The summed E-state index contributed by atoms with van der Waals surface area (Å²) in [6.45, 7) is 0. The Hall–Kier alpha value is -3.03. The van der Waals surface area contributed by atoms with Crippen LogP contribution in [0.25, 0.3) is 0 Å². The summed E-state index contributed by atoms with van der Waals surface area (Å²) >= 11 is 0. The second-order valence-corrected chi connectivity index (χ2v) is 5.63. The molecule has 0 aliphatic heterocycles. The monoisotopic (exact) mass is 364 g/mol. The Morgan fingerprint density at radius 2 is 1.88 bits per heavy atom. The molecule has 1 aromatic carbocycles. The van der Waals surface area contributed by atoms with E-state index in [0.29, 0.717) is 18.5 Å². The highest BCUT2D eigenvalue weighted by molar-refractivity contribution is 5.91. The van der Waals surface area contributed by atoms with Crippen molar-refractivity contribution >= 4 is 5.91 Å². The SMILES string of the molecule is O=C(NC(c1ccco1)C(F)(F)F)c1cc(CCc2ccccc2)no1. The maximum atomic E-state index is 13.2. The van der Waals surface area contributed by atoms with Crippen LogP contribution in [0.5, 0.6) is 0 Å². The van der Waals surface area contributed by atoms with E-state index in [0.717, 1.165) is 17.9 Å². The van der Waals surface area contributed by atoms with Crippen molar-refractivity contribution in [3.8, 4) is 0 Å². The third-order valence-electron chi connectivity index (χ3n) is 3.73. The predicted molar refractivity (Wildman–Crippen MR) is 85.3 cm³/mol. The highest BCUT2D eigenvalue weighted by atomic mass is 19.4.